The quantitative estimate of drug-likeness (QED) is 0.767. The first kappa shape index (κ1) is 8.37. The Balaban J connectivity index is 2.46. The van der Waals surface area contributed by atoms with Crippen LogP contribution < -0.4 is 0 Å². The Kier molecular flexibility index (Phi) is 2.10. The Hall–Kier alpha value is -1.23. The number of aromatic nitrogens is 3. The SMILES string of the molecule is Fc1cccc(-n2cnc(Br)n2)c1. The van der Waals surface area contributed by atoms with Gasteiger partial charge in [-0.15, -0.1) is 5.10 Å². The van der Waals surface area contributed by atoms with Crippen LogP contribution in [-0.2, 0) is 0 Å². The molecule has 2 aromatic rings. The minimum absolute atomic E-state index is 0.288. The second kappa shape index (κ2) is 3.26. The van der Waals surface area contributed by atoms with Gasteiger partial charge in [0.2, 0.25) is 4.73 Å². The molecular weight excluding hydrogens is 237 g/mol. The first-order chi connectivity index (χ1) is 6.25. The van der Waals surface area contributed by atoms with Gasteiger partial charge in [-0.2, -0.15) is 0 Å². The summed E-state index contributed by atoms with van der Waals surface area (Å²) in [5.41, 5.74) is 0.651. The van der Waals surface area contributed by atoms with Gasteiger partial charge in [0.15, 0.2) is 0 Å². The summed E-state index contributed by atoms with van der Waals surface area (Å²) in [6.07, 6.45) is 1.51. The van der Waals surface area contributed by atoms with Crippen molar-refractivity contribution in [2.24, 2.45) is 0 Å². The standard InChI is InChI=1S/C8H5BrFN3/c9-8-11-5-13(12-8)7-3-1-2-6(10)4-7/h1-5H. The smallest absolute Gasteiger partial charge is 0.217 e. The maximum atomic E-state index is 12.8. The highest BCUT2D eigenvalue weighted by Crippen LogP contribution is 2.09. The third kappa shape index (κ3) is 1.75. The van der Waals surface area contributed by atoms with Gasteiger partial charge in [0.25, 0.3) is 0 Å². The molecule has 0 N–H and O–H groups in total. The van der Waals surface area contributed by atoms with E-state index >= 15 is 0 Å². The van der Waals surface area contributed by atoms with Crippen molar-refractivity contribution >= 4 is 15.9 Å². The summed E-state index contributed by atoms with van der Waals surface area (Å²) in [6, 6.07) is 6.15. The maximum Gasteiger partial charge on any atom is 0.217 e. The Bertz CT molecular complexity index is 427. The summed E-state index contributed by atoms with van der Waals surface area (Å²) in [5.74, 6) is -0.288. The van der Waals surface area contributed by atoms with Crippen molar-refractivity contribution in [3.63, 3.8) is 0 Å². The van der Waals surface area contributed by atoms with Crippen LogP contribution in [0, 0.1) is 5.82 Å². The minimum Gasteiger partial charge on any atom is -0.220 e. The van der Waals surface area contributed by atoms with Crippen molar-refractivity contribution in [3.8, 4) is 5.69 Å². The maximum absolute atomic E-state index is 12.8. The number of benzene rings is 1. The molecule has 0 amide bonds. The number of nitrogens with zero attached hydrogens (tertiary/aromatic N) is 3. The zero-order valence-corrected chi connectivity index (χ0v) is 8.07. The van der Waals surface area contributed by atoms with E-state index in [1.165, 1.54) is 23.1 Å². The summed E-state index contributed by atoms with van der Waals surface area (Å²) >= 11 is 3.11. The fourth-order valence-electron chi connectivity index (χ4n) is 0.986. The lowest BCUT2D eigenvalue weighted by atomic mass is 10.3. The molecule has 0 aliphatic rings. The van der Waals surface area contributed by atoms with Crippen LogP contribution in [0.4, 0.5) is 4.39 Å². The van der Waals surface area contributed by atoms with E-state index in [1.54, 1.807) is 12.1 Å². The summed E-state index contributed by atoms with van der Waals surface area (Å²) < 4.78 is 14.8. The molecule has 3 nitrogen and oxygen atoms in total. The average molecular weight is 242 g/mol. The first-order valence-corrected chi connectivity index (χ1v) is 4.38. The number of rotatable bonds is 1. The topological polar surface area (TPSA) is 30.7 Å². The Labute approximate surface area is 82.3 Å². The van der Waals surface area contributed by atoms with Crippen molar-refractivity contribution in [2.45, 2.75) is 0 Å². The molecule has 0 atom stereocenters. The molecule has 13 heavy (non-hydrogen) atoms. The van der Waals surface area contributed by atoms with Gasteiger partial charge >= 0.3 is 0 Å². The summed E-state index contributed by atoms with van der Waals surface area (Å²) in [5, 5.41) is 3.98. The number of hydrogen-bond acceptors (Lipinski definition) is 2. The van der Waals surface area contributed by atoms with Gasteiger partial charge < -0.3 is 0 Å². The highest BCUT2D eigenvalue weighted by atomic mass is 79.9. The van der Waals surface area contributed by atoms with Gasteiger partial charge in [-0.1, -0.05) is 6.07 Å². The van der Waals surface area contributed by atoms with Crippen LogP contribution in [0.25, 0.3) is 5.69 Å². The molecule has 1 heterocycles. The molecule has 66 valence electrons. The monoisotopic (exact) mass is 241 g/mol. The van der Waals surface area contributed by atoms with Crippen LogP contribution in [0.1, 0.15) is 0 Å². The predicted octanol–water partition coefficient (Wildman–Crippen LogP) is 2.17. The lowest BCUT2D eigenvalue weighted by molar-refractivity contribution is 0.625. The molecule has 0 spiro atoms. The van der Waals surface area contributed by atoms with Crippen LogP contribution in [0.5, 0.6) is 0 Å². The molecule has 0 aliphatic carbocycles. The van der Waals surface area contributed by atoms with Crippen LogP contribution in [0.2, 0.25) is 0 Å². The summed E-state index contributed by atoms with van der Waals surface area (Å²) in [7, 11) is 0. The largest absolute Gasteiger partial charge is 0.220 e. The number of halogens is 2. The zero-order valence-electron chi connectivity index (χ0n) is 6.48. The van der Waals surface area contributed by atoms with Crippen LogP contribution >= 0.6 is 15.9 Å². The van der Waals surface area contributed by atoms with Crippen LogP contribution in [-0.4, -0.2) is 14.8 Å². The van der Waals surface area contributed by atoms with E-state index in [2.05, 4.69) is 26.0 Å². The highest BCUT2D eigenvalue weighted by molar-refractivity contribution is 9.10. The molecule has 1 aromatic heterocycles. The van der Waals surface area contributed by atoms with Gasteiger partial charge in [-0.05, 0) is 34.1 Å². The van der Waals surface area contributed by atoms with Gasteiger partial charge in [0.05, 0.1) is 5.69 Å². The number of hydrogen-bond donors (Lipinski definition) is 0. The van der Waals surface area contributed by atoms with Crippen molar-refractivity contribution in [1.82, 2.24) is 14.8 Å². The predicted molar refractivity (Wildman–Crippen MR) is 49.0 cm³/mol. The highest BCUT2D eigenvalue weighted by Gasteiger charge is 2.00. The van der Waals surface area contributed by atoms with E-state index in [1.807, 2.05) is 0 Å². The van der Waals surface area contributed by atoms with Crippen LogP contribution in [0.15, 0.2) is 35.3 Å². The molecule has 0 fully saturated rings. The minimum atomic E-state index is -0.288. The molecule has 2 rings (SSSR count). The van der Waals surface area contributed by atoms with E-state index in [-0.39, 0.29) is 5.82 Å². The molecule has 0 bridgehead atoms. The second-order valence-corrected chi connectivity index (χ2v) is 3.15. The van der Waals surface area contributed by atoms with E-state index in [4.69, 9.17) is 0 Å². The van der Waals surface area contributed by atoms with E-state index in [0.29, 0.717) is 10.4 Å². The Morgan fingerprint density at radius 3 is 2.85 bits per heavy atom. The zero-order chi connectivity index (χ0) is 9.26. The van der Waals surface area contributed by atoms with Crippen molar-refractivity contribution < 1.29 is 4.39 Å². The first-order valence-electron chi connectivity index (χ1n) is 3.59. The molecule has 0 aliphatic heterocycles. The van der Waals surface area contributed by atoms with Gasteiger partial charge in [0.1, 0.15) is 12.1 Å². The summed E-state index contributed by atoms with van der Waals surface area (Å²) in [4.78, 5) is 3.87. The second-order valence-electron chi connectivity index (χ2n) is 2.44. The van der Waals surface area contributed by atoms with Gasteiger partial charge in [-0.25, -0.2) is 14.1 Å². The molecule has 0 radical (unpaired) electrons. The van der Waals surface area contributed by atoms with Crippen molar-refractivity contribution in [2.75, 3.05) is 0 Å². The molecule has 0 saturated carbocycles. The van der Waals surface area contributed by atoms with E-state index < -0.39 is 0 Å². The Morgan fingerprint density at radius 1 is 1.38 bits per heavy atom. The van der Waals surface area contributed by atoms with Crippen LogP contribution in [0.3, 0.4) is 0 Å². The lowest BCUT2D eigenvalue weighted by Gasteiger charge is -1.98. The third-order valence-electron chi connectivity index (χ3n) is 1.54. The molecule has 0 unspecified atom stereocenters. The Morgan fingerprint density at radius 2 is 2.23 bits per heavy atom. The van der Waals surface area contributed by atoms with Crippen molar-refractivity contribution in [1.29, 1.82) is 0 Å². The fraction of sp³-hybridized carbons (Fsp3) is 0. The average Bonchev–Trinajstić information content (AvgIpc) is 2.52. The van der Waals surface area contributed by atoms with Gasteiger partial charge in [-0.3, -0.25) is 0 Å². The summed E-state index contributed by atoms with van der Waals surface area (Å²) in [6.45, 7) is 0. The third-order valence-corrected chi connectivity index (χ3v) is 1.90. The molecule has 1 aromatic carbocycles. The van der Waals surface area contributed by atoms with E-state index in [9.17, 15) is 4.39 Å². The molecule has 5 heteroatoms. The van der Waals surface area contributed by atoms with E-state index in [0.717, 1.165) is 0 Å². The molecule has 0 saturated heterocycles. The lowest BCUT2D eigenvalue weighted by Crippen LogP contribution is -1.94. The fourth-order valence-corrected chi connectivity index (χ4v) is 1.25. The van der Waals surface area contributed by atoms with Crippen molar-refractivity contribution in [3.05, 3.63) is 41.1 Å². The molecular formula is C8H5BrFN3. The van der Waals surface area contributed by atoms with Gasteiger partial charge in [0, 0.05) is 0 Å². The normalized spacial score (nSPS) is 10.3.